The first kappa shape index (κ1) is 11.2. The average molecular weight is 170 g/mol. The van der Waals surface area contributed by atoms with Crippen LogP contribution in [-0.4, -0.2) is 18.3 Å². The summed E-state index contributed by atoms with van der Waals surface area (Å²) in [5.74, 6) is 0. The van der Waals surface area contributed by atoms with Gasteiger partial charge in [0.2, 0.25) is 0 Å². The van der Waals surface area contributed by atoms with Gasteiger partial charge in [0.05, 0.1) is 12.9 Å². The molecular weight excluding hydrogens is 152 g/mol. The number of allylic oxidation sites excluding steroid dienone is 2. The fourth-order valence-electron chi connectivity index (χ4n) is 0.808. The van der Waals surface area contributed by atoms with E-state index in [0.717, 1.165) is 12.8 Å². The van der Waals surface area contributed by atoms with E-state index in [9.17, 15) is 0 Å². The molecule has 1 N–H and O–H groups in total. The second-order valence-electron chi connectivity index (χ2n) is 2.54. The maximum Gasteiger partial charge on any atom is 0.110 e. The van der Waals surface area contributed by atoms with E-state index in [0.29, 0.717) is 6.61 Å². The van der Waals surface area contributed by atoms with Crippen molar-refractivity contribution in [2.45, 2.75) is 25.7 Å². The van der Waals surface area contributed by atoms with Crippen molar-refractivity contribution in [3.8, 4) is 0 Å². The van der Waals surface area contributed by atoms with Crippen molar-refractivity contribution in [3.05, 3.63) is 25.0 Å². The van der Waals surface area contributed by atoms with E-state index < -0.39 is 0 Å². The fraction of sp³-hybridized carbons (Fsp3) is 0.600. The molecule has 0 unspecified atom stereocenters. The lowest BCUT2D eigenvalue weighted by Gasteiger charge is -1.95. The van der Waals surface area contributed by atoms with Crippen molar-refractivity contribution < 1.29 is 9.84 Å². The molecule has 0 aliphatic rings. The molecule has 0 aliphatic heterocycles. The standard InChI is InChI=1S/C10H18O2/c1-2-3-4-5-6-7-9-12-10-8-11/h2,7,9,11H,1,3-6,8,10H2. The van der Waals surface area contributed by atoms with Crippen LogP contribution < -0.4 is 0 Å². The quantitative estimate of drug-likeness (QED) is 0.344. The van der Waals surface area contributed by atoms with Gasteiger partial charge in [0.1, 0.15) is 6.61 Å². The van der Waals surface area contributed by atoms with Crippen LogP contribution in [0, 0.1) is 0 Å². The molecule has 2 heteroatoms. The summed E-state index contributed by atoms with van der Waals surface area (Å²) >= 11 is 0. The highest BCUT2D eigenvalue weighted by Crippen LogP contribution is 2.00. The maximum absolute atomic E-state index is 8.37. The molecule has 0 spiro atoms. The van der Waals surface area contributed by atoms with Crippen molar-refractivity contribution in [2.24, 2.45) is 0 Å². The summed E-state index contributed by atoms with van der Waals surface area (Å²) in [5, 5.41) is 8.37. The topological polar surface area (TPSA) is 29.5 Å². The smallest absolute Gasteiger partial charge is 0.110 e. The van der Waals surface area contributed by atoms with Crippen LogP contribution in [0.25, 0.3) is 0 Å². The number of aliphatic hydroxyl groups is 1. The van der Waals surface area contributed by atoms with Gasteiger partial charge in [-0.1, -0.05) is 6.08 Å². The number of hydrogen-bond donors (Lipinski definition) is 1. The van der Waals surface area contributed by atoms with E-state index in [1.807, 2.05) is 12.2 Å². The Bertz CT molecular complexity index is 119. The van der Waals surface area contributed by atoms with Gasteiger partial charge in [0, 0.05) is 0 Å². The largest absolute Gasteiger partial charge is 0.499 e. The van der Waals surface area contributed by atoms with Gasteiger partial charge in [-0.25, -0.2) is 0 Å². The number of hydrogen-bond acceptors (Lipinski definition) is 2. The molecule has 0 fully saturated rings. The molecule has 0 aromatic heterocycles. The molecule has 0 amide bonds. The fourth-order valence-corrected chi connectivity index (χ4v) is 0.808. The molecule has 0 saturated heterocycles. The molecule has 0 radical (unpaired) electrons. The number of unbranched alkanes of at least 4 members (excludes halogenated alkanes) is 3. The highest BCUT2D eigenvalue weighted by Gasteiger charge is 1.82. The van der Waals surface area contributed by atoms with Crippen LogP contribution in [0.15, 0.2) is 25.0 Å². The first-order valence-electron chi connectivity index (χ1n) is 4.40. The van der Waals surface area contributed by atoms with Crippen molar-refractivity contribution in [3.63, 3.8) is 0 Å². The third kappa shape index (κ3) is 9.24. The Morgan fingerprint density at radius 1 is 1.25 bits per heavy atom. The van der Waals surface area contributed by atoms with Gasteiger partial charge in [-0.2, -0.15) is 0 Å². The monoisotopic (exact) mass is 170 g/mol. The van der Waals surface area contributed by atoms with Gasteiger partial charge in [0.15, 0.2) is 0 Å². The molecule has 2 nitrogen and oxygen atoms in total. The van der Waals surface area contributed by atoms with Gasteiger partial charge in [-0.3, -0.25) is 0 Å². The predicted octanol–water partition coefficient (Wildman–Crippen LogP) is 2.26. The predicted molar refractivity (Wildman–Crippen MR) is 50.8 cm³/mol. The molecule has 0 atom stereocenters. The molecule has 0 heterocycles. The normalized spacial score (nSPS) is 10.4. The molecule has 0 aliphatic carbocycles. The van der Waals surface area contributed by atoms with Gasteiger partial charge in [-0.15, -0.1) is 6.58 Å². The first-order chi connectivity index (χ1) is 5.91. The van der Waals surface area contributed by atoms with Gasteiger partial charge < -0.3 is 9.84 Å². The Balaban J connectivity index is 2.97. The van der Waals surface area contributed by atoms with Gasteiger partial charge in [-0.05, 0) is 31.8 Å². The molecule has 0 saturated carbocycles. The number of rotatable bonds is 8. The van der Waals surface area contributed by atoms with E-state index in [1.165, 1.54) is 12.8 Å². The van der Waals surface area contributed by atoms with Crippen molar-refractivity contribution in [2.75, 3.05) is 13.2 Å². The molecular formula is C10H18O2. The van der Waals surface area contributed by atoms with E-state index in [2.05, 4.69) is 6.58 Å². The minimum atomic E-state index is 0.0841. The summed E-state index contributed by atoms with van der Waals surface area (Å²) in [5.41, 5.74) is 0. The SMILES string of the molecule is C=CCCCCC=COCCO. The number of ether oxygens (including phenoxy) is 1. The zero-order valence-electron chi connectivity index (χ0n) is 7.54. The Morgan fingerprint density at radius 2 is 2.00 bits per heavy atom. The third-order valence-corrected chi connectivity index (χ3v) is 1.43. The van der Waals surface area contributed by atoms with E-state index >= 15 is 0 Å². The molecule has 70 valence electrons. The highest BCUT2D eigenvalue weighted by molar-refractivity contribution is 4.74. The van der Waals surface area contributed by atoms with Crippen molar-refractivity contribution >= 4 is 0 Å². The Kier molecular flexibility index (Phi) is 9.59. The van der Waals surface area contributed by atoms with E-state index in [-0.39, 0.29) is 6.61 Å². The van der Waals surface area contributed by atoms with Crippen LogP contribution in [-0.2, 0) is 4.74 Å². The van der Waals surface area contributed by atoms with E-state index in [1.54, 1.807) is 6.26 Å². The summed E-state index contributed by atoms with van der Waals surface area (Å²) < 4.78 is 4.94. The summed E-state index contributed by atoms with van der Waals surface area (Å²) in [6.45, 7) is 4.12. The second kappa shape index (κ2) is 10.2. The minimum absolute atomic E-state index is 0.0841. The number of aliphatic hydroxyl groups excluding tert-OH is 1. The molecule has 0 rings (SSSR count). The van der Waals surface area contributed by atoms with Crippen LogP contribution in [0.1, 0.15) is 25.7 Å². The maximum atomic E-state index is 8.37. The Hall–Kier alpha value is -0.760. The zero-order valence-corrected chi connectivity index (χ0v) is 7.54. The van der Waals surface area contributed by atoms with Crippen molar-refractivity contribution in [1.82, 2.24) is 0 Å². The molecule has 12 heavy (non-hydrogen) atoms. The second-order valence-corrected chi connectivity index (χ2v) is 2.54. The summed E-state index contributed by atoms with van der Waals surface area (Å²) in [4.78, 5) is 0. The van der Waals surface area contributed by atoms with Gasteiger partial charge in [0.25, 0.3) is 0 Å². The Labute approximate surface area is 74.6 Å². The zero-order chi connectivity index (χ0) is 9.07. The minimum Gasteiger partial charge on any atom is -0.499 e. The van der Waals surface area contributed by atoms with E-state index in [4.69, 9.17) is 9.84 Å². The molecule has 0 bridgehead atoms. The summed E-state index contributed by atoms with van der Waals surface area (Å²) in [6.07, 6.45) is 10.1. The lowest BCUT2D eigenvalue weighted by atomic mass is 10.2. The third-order valence-electron chi connectivity index (χ3n) is 1.43. The molecule has 0 aromatic rings. The van der Waals surface area contributed by atoms with Crippen molar-refractivity contribution in [1.29, 1.82) is 0 Å². The van der Waals surface area contributed by atoms with Crippen LogP contribution in [0.2, 0.25) is 0 Å². The summed E-state index contributed by atoms with van der Waals surface area (Å²) in [6, 6.07) is 0. The lowest BCUT2D eigenvalue weighted by Crippen LogP contribution is -1.91. The summed E-state index contributed by atoms with van der Waals surface area (Å²) in [7, 11) is 0. The lowest BCUT2D eigenvalue weighted by molar-refractivity contribution is 0.165. The van der Waals surface area contributed by atoms with Crippen LogP contribution in [0.5, 0.6) is 0 Å². The van der Waals surface area contributed by atoms with Crippen LogP contribution in [0.4, 0.5) is 0 Å². The molecule has 0 aromatic carbocycles. The highest BCUT2D eigenvalue weighted by atomic mass is 16.5. The Morgan fingerprint density at radius 3 is 2.67 bits per heavy atom. The average Bonchev–Trinajstić information content (AvgIpc) is 2.10. The van der Waals surface area contributed by atoms with Crippen LogP contribution in [0.3, 0.4) is 0 Å². The van der Waals surface area contributed by atoms with Gasteiger partial charge >= 0.3 is 0 Å². The first-order valence-corrected chi connectivity index (χ1v) is 4.40. The van der Waals surface area contributed by atoms with Crippen LogP contribution >= 0.6 is 0 Å².